The van der Waals surface area contributed by atoms with Crippen molar-refractivity contribution in [3.63, 3.8) is 0 Å². The molecule has 36 valence electrons. The molecule has 1 unspecified atom stereocenters. The lowest BCUT2D eigenvalue weighted by Crippen LogP contribution is -1.93. The summed E-state index contributed by atoms with van der Waals surface area (Å²) in [5, 5.41) is 6.50. The predicted molar refractivity (Wildman–Crippen MR) is 28.7 cm³/mol. The van der Waals surface area contributed by atoms with Crippen molar-refractivity contribution in [2.24, 2.45) is 0 Å². The number of halogens is 1. The largest absolute Gasteiger partial charge is 0.312 e. The number of hydrogen-bond acceptors (Lipinski definition) is 1. The molecule has 0 amide bonds. The van der Waals surface area contributed by atoms with Gasteiger partial charge in [-0.1, -0.05) is 6.92 Å². The molecule has 2 heteroatoms. The van der Waals surface area contributed by atoms with Crippen LogP contribution in [0.5, 0.6) is 0 Å². The van der Waals surface area contributed by atoms with Gasteiger partial charge in [0.05, 0.1) is 5.38 Å². The van der Waals surface area contributed by atoms with E-state index in [-0.39, 0.29) is 5.38 Å². The minimum Gasteiger partial charge on any atom is -0.312 e. The van der Waals surface area contributed by atoms with E-state index in [0.717, 1.165) is 6.42 Å². The van der Waals surface area contributed by atoms with Gasteiger partial charge in [-0.05, 0) is 6.42 Å². The van der Waals surface area contributed by atoms with Crippen LogP contribution in [0, 0.1) is 5.41 Å². The van der Waals surface area contributed by atoms with Gasteiger partial charge in [0.25, 0.3) is 0 Å². The molecule has 0 radical (unpaired) electrons. The molecule has 0 heterocycles. The first kappa shape index (κ1) is 5.96. The second-order valence-electron chi connectivity index (χ2n) is 1.09. The van der Waals surface area contributed by atoms with E-state index in [2.05, 4.69) is 0 Å². The number of alkyl halides is 1. The summed E-state index contributed by atoms with van der Waals surface area (Å²) in [4.78, 5) is 0. The van der Waals surface area contributed by atoms with Crippen LogP contribution in [0.2, 0.25) is 0 Å². The van der Waals surface area contributed by atoms with Crippen LogP contribution in [0.15, 0.2) is 0 Å². The van der Waals surface area contributed by atoms with Crippen LogP contribution in [0.25, 0.3) is 0 Å². The van der Waals surface area contributed by atoms with Crippen LogP contribution in [-0.2, 0) is 0 Å². The lowest BCUT2D eigenvalue weighted by atomic mass is 10.4. The maximum absolute atomic E-state index is 6.55. The summed E-state index contributed by atoms with van der Waals surface area (Å²) in [6.45, 7) is 1.95. The van der Waals surface area contributed by atoms with Crippen molar-refractivity contribution in [2.75, 3.05) is 0 Å². The molecule has 1 N–H and O–H groups in total. The molecule has 1 nitrogen and oxygen atoms in total. The van der Waals surface area contributed by atoms with Crippen molar-refractivity contribution < 1.29 is 0 Å². The van der Waals surface area contributed by atoms with Gasteiger partial charge in [-0.25, -0.2) is 0 Å². The highest BCUT2D eigenvalue weighted by molar-refractivity contribution is 6.27. The van der Waals surface area contributed by atoms with E-state index >= 15 is 0 Å². The minimum absolute atomic E-state index is 0.0509. The maximum Gasteiger partial charge on any atom is 0.0678 e. The van der Waals surface area contributed by atoms with Gasteiger partial charge in [0.1, 0.15) is 0 Å². The molecule has 1 atom stereocenters. The molecular formula is C4H8ClN. The van der Waals surface area contributed by atoms with E-state index in [4.69, 9.17) is 17.0 Å². The molecule has 0 aromatic carbocycles. The smallest absolute Gasteiger partial charge is 0.0678 e. The lowest BCUT2D eigenvalue weighted by Gasteiger charge is -1.89. The Labute approximate surface area is 42.8 Å². The van der Waals surface area contributed by atoms with Gasteiger partial charge in [0.15, 0.2) is 0 Å². The number of hydrogen-bond donors (Lipinski definition) is 1. The van der Waals surface area contributed by atoms with Crippen LogP contribution in [-0.4, -0.2) is 11.6 Å². The highest BCUT2D eigenvalue weighted by Crippen LogP contribution is 1.93. The minimum atomic E-state index is -0.0509. The van der Waals surface area contributed by atoms with Crippen LogP contribution in [0.1, 0.15) is 13.3 Å². The molecule has 0 rings (SSSR count). The zero-order valence-corrected chi connectivity index (χ0v) is 4.50. The summed E-state index contributed by atoms with van der Waals surface area (Å²) in [5.74, 6) is 0. The average Bonchev–Trinajstić information content (AvgIpc) is 1.65. The van der Waals surface area contributed by atoms with Gasteiger partial charge >= 0.3 is 0 Å². The third-order valence-electron chi connectivity index (χ3n) is 0.571. The summed E-state index contributed by atoms with van der Waals surface area (Å²) >= 11 is 5.41. The molecule has 0 fully saturated rings. The normalized spacial score (nSPS) is 13.7. The first-order valence-corrected chi connectivity index (χ1v) is 2.39. The van der Waals surface area contributed by atoms with Crippen molar-refractivity contribution >= 4 is 17.8 Å². The second kappa shape index (κ2) is 3.16. The molecule has 0 aromatic rings. The van der Waals surface area contributed by atoms with E-state index in [1.807, 2.05) is 6.92 Å². The Hall–Kier alpha value is -0.0400. The molecule has 0 aliphatic heterocycles. The Kier molecular flexibility index (Phi) is 3.14. The Morgan fingerprint density at radius 2 is 2.50 bits per heavy atom. The van der Waals surface area contributed by atoms with Gasteiger partial charge in [-0.3, -0.25) is 0 Å². The standard InChI is InChI=1S/C4H8ClN/c1-2-4(5)3-6/h3-4,6H,2H2,1H3. The quantitative estimate of drug-likeness (QED) is 0.408. The highest BCUT2D eigenvalue weighted by Gasteiger charge is 1.89. The molecule has 0 aromatic heterocycles. The molecule has 0 saturated carbocycles. The van der Waals surface area contributed by atoms with E-state index in [9.17, 15) is 0 Å². The zero-order chi connectivity index (χ0) is 4.99. The van der Waals surface area contributed by atoms with Crippen molar-refractivity contribution in [3.8, 4) is 0 Å². The first-order valence-electron chi connectivity index (χ1n) is 1.96. The molecule has 0 aliphatic rings. The molecule has 0 aliphatic carbocycles. The summed E-state index contributed by atoms with van der Waals surface area (Å²) < 4.78 is 0. The van der Waals surface area contributed by atoms with Crippen LogP contribution >= 0.6 is 11.6 Å². The monoisotopic (exact) mass is 105 g/mol. The molecule has 0 spiro atoms. The van der Waals surface area contributed by atoms with Crippen molar-refractivity contribution in [2.45, 2.75) is 18.7 Å². The molecule has 0 saturated heterocycles. The SMILES string of the molecule is CCC(Cl)C=N. The van der Waals surface area contributed by atoms with E-state index in [1.54, 1.807) is 0 Å². The van der Waals surface area contributed by atoms with Crippen molar-refractivity contribution in [1.82, 2.24) is 0 Å². The van der Waals surface area contributed by atoms with Gasteiger partial charge in [-0.15, -0.1) is 11.6 Å². The van der Waals surface area contributed by atoms with Gasteiger partial charge in [0, 0.05) is 6.21 Å². The third kappa shape index (κ3) is 2.21. The Balaban J connectivity index is 2.96. The van der Waals surface area contributed by atoms with Crippen molar-refractivity contribution in [3.05, 3.63) is 0 Å². The molecule has 0 bridgehead atoms. The van der Waals surface area contributed by atoms with Gasteiger partial charge in [-0.2, -0.15) is 0 Å². The van der Waals surface area contributed by atoms with E-state index < -0.39 is 0 Å². The molecular weight excluding hydrogens is 97.5 g/mol. The Bertz CT molecular complexity index is 44.8. The van der Waals surface area contributed by atoms with E-state index in [0.29, 0.717) is 0 Å². The predicted octanol–water partition coefficient (Wildman–Crippen LogP) is 1.65. The topological polar surface area (TPSA) is 23.9 Å². The fourth-order valence-electron chi connectivity index (χ4n) is 0.118. The molecule has 6 heavy (non-hydrogen) atoms. The lowest BCUT2D eigenvalue weighted by molar-refractivity contribution is 1.01. The maximum atomic E-state index is 6.55. The first-order chi connectivity index (χ1) is 2.81. The fourth-order valence-corrected chi connectivity index (χ4v) is 0.118. The second-order valence-corrected chi connectivity index (χ2v) is 1.65. The number of nitrogens with one attached hydrogen (secondary N) is 1. The van der Waals surface area contributed by atoms with Crippen LogP contribution in [0.4, 0.5) is 0 Å². The number of rotatable bonds is 2. The Morgan fingerprint density at radius 1 is 2.00 bits per heavy atom. The van der Waals surface area contributed by atoms with Crippen LogP contribution in [0.3, 0.4) is 0 Å². The summed E-state index contributed by atoms with van der Waals surface area (Å²) in [6, 6.07) is 0. The van der Waals surface area contributed by atoms with E-state index in [1.165, 1.54) is 6.21 Å². The van der Waals surface area contributed by atoms with Crippen molar-refractivity contribution in [1.29, 1.82) is 5.41 Å². The van der Waals surface area contributed by atoms with Crippen LogP contribution < -0.4 is 0 Å². The average molecular weight is 106 g/mol. The summed E-state index contributed by atoms with van der Waals surface area (Å²) in [5.41, 5.74) is 0. The zero-order valence-electron chi connectivity index (χ0n) is 3.74. The summed E-state index contributed by atoms with van der Waals surface area (Å²) in [7, 11) is 0. The summed E-state index contributed by atoms with van der Waals surface area (Å²) in [6.07, 6.45) is 2.09. The van der Waals surface area contributed by atoms with Gasteiger partial charge in [0.2, 0.25) is 0 Å². The third-order valence-corrected chi connectivity index (χ3v) is 1.01. The van der Waals surface area contributed by atoms with Gasteiger partial charge < -0.3 is 5.41 Å². The fraction of sp³-hybridized carbons (Fsp3) is 0.750. The Morgan fingerprint density at radius 3 is 2.50 bits per heavy atom. The highest BCUT2D eigenvalue weighted by atomic mass is 35.5.